The van der Waals surface area contributed by atoms with Crippen LogP contribution in [0.1, 0.15) is 6.92 Å². The van der Waals surface area contributed by atoms with Gasteiger partial charge in [-0.3, -0.25) is 0 Å². The topological polar surface area (TPSA) is 9.23 Å². The highest BCUT2D eigenvalue weighted by molar-refractivity contribution is 5.15. The molecule has 0 radical (unpaired) electrons. The Morgan fingerprint density at radius 1 is 1.56 bits per heavy atom. The molecule has 0 aliphatic carbocycles. The molecule has 0 aliphatic heterocycles. The first-order valence-electron chi connectivity index (χ1n) is 2.77. The quantitative estimate of drug-likeness (QED) is 0.317. The zero-order valence-corrected chi connectivity index (χ0v) is 5.81. The van der Waals surface area contributed by atoms with Gasteiger partial charge in [0, 0.05) is 0 Å². The van der Waals surface area contributed by atoms with E-state index in [0.29, 0.717) is 12.4 Å². The van der Waals surface area contributed by atoms with Crippen molar-refractivity contribution in [2.45, 2.75) is 6.92 Å². The van der Waals surface area contributed by atoms with Crippen LogP contribution in [0, 0.1) is 0 Å². The maximum absolute atomic E-state index is 5.04. The fraction of sp³-hybridized carbons (Fsp3) is 0.250. The summed E-state index contributed by atoms with van der Waals surface area (Å²) in [7, 11) is 0. The van der Waals surface area contributed by atoms with Crippen molar-refractivity contribution in [1.82, 2.24) is 0 Å². The molecule has 0 unspecified atom stereocenters. The zero-order chi connectivity index (χ0) is 7.28. The van der Waals surface area contributed by atoms with Gasteiger partial charge in [0.05, 0.1) is 0 Å². The lowest BCUT2D eigenvalue weighted by molar-refractivity contribution is 0.258. The smallest absolute Gasteiger partial charge is 0.114 e. The summed E-state index contributed by atoms with van der Waals surface area (Å²) < 4.78 is 5.04. The molecule has 0 aromatic carbocycles. The van der Waals surface area contributed by atoms with Gasteiger partial charge in [-0.15, -0.1) is 0 Å². The maximum atomic E-state index is 5.04. The first kappa shape index (κ1) is 8.02. The second-order valence-corrected chi connectivity index (χ2v) is 1.80. The van der Waals surface area contributed by atoms with Crippen LogP contribution in [0.25, 0.3) is 0 Å². The van der Waals surface area contributed by atoms with Gasteiger partial charge in [-0.1, -0.05) is 25.8 Å². The van der Waals surface area contributed by atoms with Crippen molar-refractivity contribution in [3.8, 4) is 0 Å². The number of rotatable bonds is 4. The van der Waals surface area contributed by atoms with E-state index < -0.39 is 0 Å². The van der Waals surface area contributed by atoms with Gasteiger partial charge in [-0.25, -0.2) is 0 Å². The van der Waals surface area contributed by atoms with Crippen molar-refractivity contribution in [3.05, 3.63) is 37.1 Å². The van der Waals surface area contributed by atoms with Gasteiger partial charge >= 0.3 is 0 Å². The molecule has 0 aromatic heterocycles. The molecule has 0 aliphatic rings. The van der Waals surface area contributed by atoms with E-state index in [1.165, 1.54) is 0 Å². The molecule has 0 saturated carbocycles. The van der Waals surface area contributed by atoms with Crippen LogP contribution in [-0.4, -0.2) is 6.61 Å². The third kappa shape index (κ3) is 3.59. The minimum absolute atomic E-state index is 0.506. The van der Waals surface area contributed by atoms with Crippen LogP contribution in [0.4, 0.5) is 0 Å². The largest absolute Gasteiger partial charge is 0.490 e. The molecule has 0 bridgehead atoms. The van der Waals surface area contributed by atoms with Gasteiger partial charge in [0.2, 0.25) is 0 Å². The van der Waals surface area contributed by atoms with Crippen LogP contribution in [0.3, 0.4) is 0 Å². The first-order chi connectivity index (χ1) is 4.18. The molecule has 0 heterocycles. The summed E-state index contributed by atoms with van der Waals surface area (Å²) >= 11 is 0. The number of ether oxygens (including phenoxy) is 1. The van der Waals surface area contributed by atoms with Gasteiger partial charge in [0.1, 0.15) is 12.4 Å². The number of hydrogen-bond acceptors (Lipinski definition) is 1. The summed E-state index contributed by atoms with van der Waals surface area (Å²) in [5.74, 6) is 0.634. The van der Waals surface area contributed by atoms with Crippen molar-refractivity contribution in [1.29, 1.82) is 0 Å². The number of allylic oxidation sites excluding steroid dienone is 1. The van der Waals surface area contributed by atoms with Crippen molar-refractivity contribution in [3.63, 3.8) is 0 Å². The summed E-state index contributed by atoms with van der Waals surface area (Å²) in [6.07, 6.45) is 1.67. The fourth-order valence-corrected chi connectivity index (χ4v) is 0.283. The Hall–Kier alpha value is -0.980. The lowest BCUT2D eigenvalue weighted by Crippen LogP contribution is -1.90. The number of hydrogen-bond donors (Lipinski definition) is 0. The second kappa shape index (κ2) is 3.96. The Balaban J connectivity index is 3.51. The molecule has 1 nitrogen and oxygen atoms in total. The Labute approximate surface area is 56.3 Å². The van der Waals surface area contributed by atoms with Gasteiger partial charge < -0.3 is 4.74 Å². The molecule has 0 rings (SSSR count). The van der Waals surface area contributed by atoms with E-state index in [4.69, 9.17) is 4.74 Å². The van der Waals surface area contributed by atoms with Crippen LogP contribution in [0.2, 0.25) is 0 Å². The zero-order valence-electron chi connectivity index (χ0n) is 5.81. The maximum Gasteiger partial charge on any atom is 0.114 e. The van der Waals surface area contributed by atoms with E-state index in [2.05, 4.69) is 19.7 Å². The third-order valence-corrected chi connectivity index (χ3v) is 0.851. The van der Waals surface area contributed by atoms with E-state index in [-0.39, 0.29) is 0 Å². The highest BCUT2D eigenvalue weighted by Crippen LogP contribution is 2.03. The first-order valence-corrected chi connectivity index (χ1v) is 2.77. The normalized spacial score (nSPS) is 8.11. The molecule has 0 N–H and O–H groups in total. The Kier molecular flexibility index (Phi) is 3.52. The molecule has 0 spiro atoms. The molecular weight excluding hydrogens is 112 g/mol. The van der Waals surface area contributed by atoms with E-state index >= 15 is 0 Å². The van der Waals surface area contributed by atoms with Crippen LogP contribution in [-0.2, 0) is 4.74 Å². The summed E-state index contributed by atoms with van der Waals surface area (Å²) in [4.78, 5) is 0. The summed E-state index contributed by atoms with van der Waals surface area (Å²) in [5.41, 5.74) is 0.858. The van der Waals surface area contributed by atoms with Gasteiger partial charge in [0.25, 0.3) is 0 Å². The summed E-state index contributed by atoms with van der Waals surface area (Å²) in [6, 6.07) is 0. The predicted molar refractivity (Wildman–Crippen MR) is 40.1 cm³/mol. The van der Waals surface area contributed by atoms with Gasteiger partial charge in [0.15, 0.2) is 0 Å². The van der Waals surface area contributed by atoms with Gasteiger partial charge in [-0.05, 0) is 12.5 Å². The average molecular weight is 124 g/mol. The van der Waals surface area contributed by atoms with Crippen molar-refractivity contribution in [2.75, 3.05) is 6.61 Å². The predicted octanol–water partition coefficient (Wildman–Crippen LogP) is 2.28. The van der Waals surface area contributed by atoms with Crippen LogP contribution < -0.4 is 0 Å². The molecule has 0 saturated heterocycles. The van der Waals surface area contributed by atoms with Crippen molar-refractivity contribution < 1.29 is 4.74 Å². The second-order valence-electron chi connectivity index (χ2n) is 1.80. The lowest BCUT2D eigenvalue weighted by atomic mass is 10.3. The summed E-state index contributed by atoms with van der Waals surface area (Å²) in [5, 5.41) is 0. The van der Waals surface area contributed by atoms with Crippen LogP contribution >= 0.6 is 0 Å². The molecule has 9 heavy (non-hydrogen) atoms. The SMILES string of the molecule is C=CCOC(=C)C(=C)C. The molecule has 50 valence electrons. The van der Waals surface area contributed by atoms with E-state index in [1.54, 1.807) is 6.08 Å². The lowest BCUT2D eigenvalue weighted by Gasteiger charge is -2.03. The minimum Gasteiger partial charge on any atom is -0.490 e. The van der Waals surface area contributed by atoms with Crippen LogP contribution in [0.15, 0.2) is 37.1 Å². The monoisotopic (exact) mass is 124 g/mol. The molecule has 1 heteroatoms. The molecule has 0 fully saturated rings. The highest BCUT2D eigenvalue weighted by Gasteiger charge is 1.90. The molecule has 0 aromatic rings. The highest BCUT2D eigenvalue weighted by atomic mass is 16.5. The fourth-order valence-electron chi connectivity index (χ4n) is 0.283. The Morgan fingerprint density at radius 3 is 2.44 bits per heavy atom. The molecular formula is C8H12O. The van der Waals surface area contributed by atoms with Crippen molar-refractivity contribution >= 4 is 0 Å². The molecule has 0 atom stereocenters. The van der Waals surface area contributed by atoms with E-state index in [0.717, 1.165) is 5.57 Å². The minimum atomic E-state index is 0.506. The summed E-state index contributed by atoms with van der Waals surface area (Å²) in [6.45, 7) is 13.1. The Bertz CT molecular complexity index is 134. The van der Waals surface area contributed by atoms with E-state index in [1.807, 2.05) is 6.92 Å². The Morgan fingerprint density at radius 2 is 2.11 bits per heavy atom. The van der Waals surface area contributed by atoms with E-state index in [9.17, 15) is 0 Å². The standard InChI is InChI=1S/C8H12O/c1-5-6-9-8(4)7(2)3/h5H,1-2,4,6H2,3H3. The average Bonchev–Trinajstić information content (AvgIpc) is 1.82. The molecule has 0 amide bonds. The van der Waals surface area contributed by atoms with Gasteiger partial charge in [-0.2, -0.15) is 0 Å². The van der Waals surface area contributed by atoms with Crippen LogP contribution in [0.5, 0.6) is 0 Å². The third-order valence-electron chi connectivity index (χ3n) is 0.851. The van der Waals surface area contributed by atoms with Crippen molar-refractivity contribution in [2.24, 2.45) is 0 Å².